The molecule has 1 amide bonds. The molecule has 1 saturated heterocycles. The van der Waals surface area contributed by atoms with Crippen LogP contribution in [0.25, 0.3) is 10.9 Å². The van der Waals surface area contributed by atoms with Crippen molar-refractivity contribution in [2.24, 2.45) is 11.8 Å². The first kappa shape index (κ1) is 16.9. The van der Waals surface area contributed by atoms with E-state index in [-0.39, 0.29) is 5.91 Å². The Morgan fingerprint density at radius 1 is 1.38 bits per heavy atom. The third kappa shape index (κ3) is 4.32. The van der Waals surface area contributed by atoms with Gasteiger partial charge in [-0.3, -0.25) is 9.78 Å². The van der Waals surface area contributed by atoms with Crippen molar-refractivity contribution in [2.45, 2.75) is 32.6 Å². The highest BCUT2D eigenvalue weighted by atomic mass is 16.1. The number of piperidine rings is 1. The van der Waals surface area contributed by atoms with Crippen molar-refractivity contribution in [3.05, 3.63) is 42.1 Å². The second kappa shape index (κ2) is 8.25. The van der Waals surface area contributed by atoms with E-state index in [4.69, 9.17) is 0 Å². The van der Waals surface area contributed by atoms with Gasteiger partial charge in [0.1, 0.15) is 0 Å². The average molecular weight is 325 g/mol. The lowest BCUT2D eigenvalue weighted by Gasteiger charge is -2.28. The van der Waals surface area contributed by atoms with Crippen LogP contribution < -0.4 is 10.6 Å². The van der Waals surface area contributed by atoms with Crippen LogP contribution in [0, 0.1) is 11.8 Å². The molecule has 128 valence electrons. The minimum Gasteiger partial charge on any atom is -0.356 e. The maximum Gasteiger partial charge on any atom is 0.220 e. The minimum absolute atomic E-state index is 0.168. The fraction of sp³-hybridized carbons (Fsp3) is 0.500. The molecule has 1 fully saturated rings. The van der Waals surface area contributed by atoms with Crippen molar-refractivity contribution in [3.63, 3.8) is 0 Å². The maximum absolute atomic E-state index is 12.2. The van der Waals surface area contributed by atoms with Gasteiger partial charge in [-0.1, -0.05) is 31.2 Å². The molecule has 2 aromatic rings. The van der Waals surface area contributed by atoms with Crippen LogP contribution >= 0.6 is 0 Å². The number of nitrogens with zero attached hydrogens (tertiary/aromatic N) is 1. The summed E-state index contributed by atoms with van der Waals surface area (Å²) in [5.41, 5.74) is 2.23. The summed E-state index contributed by atoms with van der Waals surface area (Å²) in [6.45, 7) is 5.04. The number of nitrogens with one attached hydrogen (secondary N) is 2. The largest absolute Gasteiger partial charge is 0.356 e. The first-order chi connectivity index (χ1) is 11.7. The van der Waals surface area contributed by atoms with Gasteiger partial charge in [-0.2, -0.15) is 0 Å². The van der Waals surface area contributed by atoms with Gasteiger partial charge in [0, 0.05) is 24.5 Å². The Morgan fingerprint density at radius 2 is 2.25 bits per heavy atom. The van der Waals surface area contributed by atoms with Crippen molar-refractivity contribution >= 4 is 16.8 Å². The number of rotatable bonds is 6. The number of para-hydroxylation sites is 1. The Kier molecular flexibility index (Phi) is 5.81. The van der Waals surface area contributed by atoms with Crippen molar-refractivity contribution in [2.75, 3.05) is 19.6 Å². The van der Waals surface area contributed by atoms with Crippen LogP contribution in [-0.4, -0.2) is 30.5 Å². The van der Waals surface area contributed by atoms with Crippen molar-refractivity contribution < 1.29 is 4.79 Å². The number of hydrogen-bond donors (Lipinski definition) is 2. The van der Waals surface area contributed by atoms with Gasteiger partial charge in [0.05, 0.1) is 5.52 Å². The van der Waals surface area contributed by atoms with Gasteiger partial charge in [-0.25, -0.2) is 0 Å². The molecule has 1 aliphatic rings. The number of amides is 1. The average Bonchev–Trinajstić information content (AvgIpc) is 2.62. The molecule has 2 unspecified atom stereocenters. The summed E-state index contributed by atoms with van der Waals surface area (Å²) in [7, 11) is 0. The molecule has 1 aromatic heterocycles. The predicted molar refractivity (Wildman–Crippen MR) is 97.8 cm³/mol. The molecule has 1 aliphatic heterocycles. The molecule has 1 aromatic carbocycles. The summed E-state index contributed by atoms with van der Waals surface area (Å²) >= 11 is 0. The number of carbonyl (C=O) groups is 1. The zero-order chi connectivity index (χ0) is 16.8. The standard InChI is InChI=1S/C20H27N3O/c1-15(18-8-3-10-21-14-18)13-19(24)22-12-9-17-6-2-5-16-7-4-11-23-20(16)17/h2,4-7,11,15,18,21H,3,8-10,12-14H2,1H3,(H,22,24). The first-order valence-electron chi connectivity index (χ1n) is 9.04. The van der Waals surface area contributed by atoms with E-state index in [9.17, 15) is 4.79 Å². The molecule has 0 spiro atoms. The number of pyridine rings is 1. The van der Waals surface area contributed by atoms with Crippen LogP contribution in [0.1, 0.15) is 31.7 Å². The lowest BCUT2D eigenvalue weighted by atomic mass is 9.85. The second-order valence-electron chi connectivity index (χ2n) is 6.88. The monoisotopic (exact) mass is 325 g/mol. The minimum atomic E-state index is 0.168. The zero-order valence-electron chi connectivity index (χ0n) is 14.4. The Bertz CT molecular complexity index is 674. The van der Waals surface area contributed by atoms with Crippen molar-refractivity contribution in [1.29, 1.82) is 0 Å². The summed E-state index contributed by atoms with van der Waals surface area (Å²) in [4.78, 5) is 16.7. The summed E-state index contributed by atoms with van der Waals surface area (Å²) < 4.78 is 0. The molecule has 2 heterocycles. The Morgan fingerprint density at radius 3 is 3.08 bits per heavy atom. The second-order valence-corrected chi connectivity index (χ2v) is 6.88. The van der Waals surface area contributed by atoms with Gasteiger partial charge in [-0.05, 0) is 55.8 Å². The number of hydrogen-bond acceptors (Lipinski definition) is 3. The summed E-state index contributed by atoms with van der Waals surface area (Å²) in [6, 6.07) is 10.3. The Hall–Kier alpha value is -1.94. The highest BCUT2D eigenvalue weighted by Gasteiger charge is 2.21. The number of benzene rings is 1. The van der Waals surface area contributed by atoms with E-state index >= 15 is 0 Å². The first-order valence-corrected chi connectivity index (χ1v) is 9.04. The highest BCUT2D eigenvalue weighted by Crippen LogP contribution is 2.22. The Balaban J connectivity index is 1.47. The predicted octanol–water partition coefficient (Wildman–Crippen LogP) is 2.92. The van der Waals surface area contributed by atoms with Crippen LogP contribution in [0.5, 0.6) is 0 Å². The Labute approximate surface area is 144 Å². The van der Waals surface area contributed by atoms with Crippen LogP contribution in [0.4, 0.5) is 0 Å². The van der Waals surface area contributed by atoms with E-state index in [1.165, 1.54) is 18.4 Å². The SMILES string of the molecule is CC(CC(=O)NCCc1cccc2cccnc12)C1CCCNC1. The zero-order valence-corrected chi connectivity index (χ0v) is 14.4. The van der Waals surface area contributed by atoms with Gasteiger partial charge in [0.25, 0.3) is 0 Å². The van der Waals surface area contributed by atoms with E-state index in [1.54, 1.807) is 0 Å². The van der Waals surface area contributed by atoms with E-state index < -0.39 is 0 Å². The van der Waals surface area contributed by atoms with E-state index in [1.807, 2.05) is 12.3 Å². The van der Waals surface area contributed by atoms with Crippen LogP contribution in [-0.2, 0) is 11.2 Å². The van der Waals surface area contributed by atoms with E-state index in [0.29, 0.717) is 24.8 Å². The molecule has 0 aliphatic carbocycles. The number of carbonyl (C=O) groups excluding carboxylic acids is 1. The van der Waals surface area contributed by atoms with E-state index in [2.05, 4.69) is 46.8 Å². The van der Waals surface area contributed by atoms with Gasteiger partial charge < -0.3 is 10.6 Å². The van der Waals surface area contributed by atoms with Crippen LogP contribution in [0.3, 0.4) is 0 Å². The van der Waals surface area contributed by atoms with Crippen molar-refractivity contribution in [1.82, 2.24) is 15.6 Å². The molecule has 24 heavy (non-hydrogen) atoms. The topological polar surface area (TPSA) is 54.0 Å². The molecular formula is C20H27N3O. The third-order valence-corrected chi connectivity index (χ3v) is 5.08. The smallest absolute Gasteiger partial charge is 0.220 e. The van der Waals surface area contributed by atoms with Gasteiger partial charge in [0.2, 0.25) is 5.91 Å². The lowest BCUT2D eigenvalue weighted by molar-refractivity contribution is -0.122. The summed E-state index contributed by atoms with van der Waals surface area (Å²) in [5, 5.41) is 7.66. The fourth-order valence-electron chi connectivity index (χ4n) is 3.60. The lowest BCUT2D eigenvalue weighted by Crippen LogP contribution is -2.36. The van der Waals surface area contributed by atoms with Crippen LogP contribution in [0.2, 0.25) is 0 Å². The van der Waals surface area contributed by atoms with Gasteiger partial charge in [-0.15, -0.1) is 0 Å². The van der Waals surface area contributed by atoms with Crippen molar-refractivity contribution in [3.8, 4) is 0 Å². The third-order valence-electron chi connectivity index (χ3n) is 5.08. The molecule has 0 bridgehead atoms. The molecule has 0 radical (unpaired) electrons. The quantitative estimate of drug-likeness (QED) is 0.858. The summed E-state index contributed by atoms with van der Waals surface area (Å²) in [5.74, 6) is 1.24. The van der Waals surface area contributed by atoms with Gasteiger partial charge >= 0.3 is 0 Å². The van der Waals surface area contributed by atoms with E-state index in [0.717, 1.165) is 30.4 Å². The molecule has 4 nitrogen and oxygen atoms in total. The summed E-state index contributed by atoms with van der Waals surface area (Å²) in [6.07, 6.45) is 5.73. The number of aromatic nitrogens is 1. The highest BCUT2D eigenvalue weighted by molar-refractivity contribution is 5.81. The molecule has 2 N–H and O–H groups in total. The fourth-order valence-corrected chi connectivity index (χ4v) is 3.60. The molecule has 3 rings (SSSR count). The van der Waals surface area contributed by atoms with Gasteiger partial charge in [0.15, 0.2) is 0 Å². The maximum atomic E-state index is 12.2. The molecule has 0 saturated carbocycles. The van der Waals surface area contributed by atoms with Crippen LogP contribution in [0.15, 0.2) is 36.5 Å². The molecule has 2 atom stereocenters. The normalized spacial score (nSPS) is 19.1. The molecular weight excluding hydrogens is 298 g/mol. The molecule has 4 heteroatoms. The number of fused-ring (bicyclic) bond motifs is 1.